The van der Waals surface area contributed by atoms with Gasteiger partial charge in [0.25, 0.3) is 11.6 Å². The quantitative estimate of drug-likeness (QED) is 0.110. The third-order valence-corrected chi connectivity index (χ3v) is 6.44. The van der Waals surface area contributed by atoms with Crippen molar-refractivity contribution in [1.29, 1.82) is 0 Å². The van der Waals surface area contributed by atoms with E-state index in [9.17, 15) is 19.7 Å². The Morgan fingerprint density at radius 3 is 2.56 bits per heavy atom. The number of benzene rings is 3. The van der Waals surface area contributed by atoms with Crippen molar-refractivity contribution in [3.8, 4) is 5.75 Å². The van der Waals surface area contributed by atoms with Crippen molar-refractivity contribution in [3.63, 3.8) is 0 Å². The molecule has 1 heterocycles. The van der Waals surface area contributed by atoms with E-state index in [1.807, 2.05) is 0 Å². The molecule has 4 aromatic rings. The Hall–Kier alpha value is -3.79. The van der Waals surface area contributed by atoms with Crippen LogP contribution >= 0.6 is 34.5 Å². The van der Waals surface area contributed by atoms with Crippen LogP contribution in [-0.2, 0) is 0 Å². The summed E-state index contributed by atoms with van der Waals surface area (Å²) in [6.07, 6.45) is 1.38. The molecular weight excluding hydrogens is 501 g/mol. The molecule has 0 bridgehead atoms. The van der Waals surface area contributed by atoms with Crippen LogP contribution in [0.1, 0.15) is 25.6 Å². The summed E-state index contributed by atoms with van der Waals surface area (Å²) in [4.78, 5) is 35.2. The van der Waals surface area contributed by atoms with Crippen LogP contribution in [-0.4, -0.2) is 23.0 Å². The summed E-state index contributed by atoms with van der Waals surface area (Å²) in [5, 5.41) is 16.2. The zero-order chi connectivity index (χ0) is 24.2. The van der Waals surface area contributed by atoms with Crippen molar-refractivity contribution >= 4 is 68.4 Å². The fraction of sp³-hybridized carbons (Fsp3) is 0. The van der Waals surface area contributed by atoms with Gasteiger partial charge < -0.3 is 4.74 Å². The number of fused-ring (bicyclic) bond motifs is 1. The van der Waals surface area contributed by atoms with E-state index in [-0.39, 0.29) is 16.1 Å². The maximum Gasteiger partial charge on any atom is 0.355 e. The lowest BCUT2D eigenvalue weighted by Crippen LogP contribution is -2.17. The highest BCUT2D eigenvalue weighted by Crippen LogP contribution is 2.37. The normalized spacial score (nSPS) is 11.0. The van der Waals surface area contributed by atoms with Gasteiger partial charge in [-0.2, -0.15) is 5.10 Å². The van der Waals surface area contributed by atoms with Crippen molar-refractivity contribution in [1.82, 2.24) is 5.43 Å². The SMILES string of the molecule is O=C(N/N=C\c1ccc(OC(=O)c2sc3cc(Cl)ccc3c2Cl)cc1)c1cccc([N+](=O)[O-])c1. The van der Waals surface area contributed by atoms with Gasteiger partial charge in [-0.05, 0) is 48.0 Å². The minimum absolute atomic E-state index is 0.107. The van der Waals surface area contributed by atoms with Crippen LogP contribution in [0, 0.1) is 10.1 Å². The summed E-state index contributed by atoms with van der Waals surface area (Å²) in [5.74, 6) is -0.880. The zero-order valence-corrected chi connectivity index (χ0v) is 19.4. The van der Waals surface area contributed by atoms with E-state index in [0.29, 0.717) is 21.4 Å². The minimum atomic E-state index is -0.591. The van der Waals surface area contributed by atoms with Crippen molar-refractivity contribution in [3.05, 3.63) is 103 Å². The first-order valence-corrected chi connectivity index (χ1v) is 11.2. The molecule has 1 amide bonds. The number of rotatable bonds is 6. The summed E-state index contributed by atoms with van der Waals surface area (Å²) in [7, 11) is 0. The second kappa shape index (κ2) is 10.0. The third kappa shape index (κ3) is 5.23. The topological polar surface area (TPSA) is 111 Å². The molecule has 8 nitrogen and oxygen atoms in total. The second-order valence-corrected chi connectivity index (χ2v) is 8.72. The van der Waals surface area contributed by atoms with E-state index in [4.69, 9.17) is 27.9 Å². The molecule has 170 valence electrons. The molecule has 0 unspecified atom stereocenters. The van der Waals surface area contributed by atoms with Gasteiger partial charge in [-0.15, -0.1) is 11.3 Å². The molecule has 0 aliphatic carbocycles. The van der Waals surface area contributed by atoms with Gasteiger partial charge in [-0.3, -0.25) is 14.9 Å². The number of halogens is 2. The smallest absolute Gasteiger partial charge is 0.355 e. The van der Waals surface area contributed by atoms with Crippen LogP contribution < -0.4 is 10.2 Å². The number of hydrazone groups is 1. The summed E-state index contributed by atoms with van der Waals surface area (Å²) < 4.78 is 6.19. The molecule has 0 radical (unpaired) electrons. The Morgan fingerprint density at radius 2 is 1.82 bits per heavy atom. The van der Waals surface area contributed by atoms with Crippen LogP contribution in [0.25, 0.3) is 10.1 Å². The number of hydrogen-bond acceptors (Lipinski definition) is 7. The van der Waals surface area contributed by atoms with Crippen LogP contribution in [0.2, 0.25) is 10.0 Å². The number of nitro groups is 1. The van der Waals surface area contributed by atoms with Crippen LogP contribution in [0.15, 0.2) is 71.8 Å². The van der Waals surface area contributed by atoms with Crippen molar-refractivity contribution in [2.24, 2.45) is 5.10 Å². The molecule has 4 rings (SSSR count). The molecule has 34 heavy (non-hydrogen) atoms. The van der Waals surface area contributed by atoms with E-state index < -0.39 is 16.8 Å². The Kier molecular flexibility index (Phi) is 6.87. The van der Waals surface area contributed by atoms with Gasteiger partial charge in [0.15, 0.2) is 0 Å². The molecule has 1 N–H and O–H groups in total. The van der Waals surface area contributed by atoms with E-state index in [0.717, 1.165) is 16.2 Å². The number of carbonyl (C=O) groups is 2. The summed E-state index contributed by atoms with van der Waals surface area (Å²) in [5.41, 5.74) is 2.84. The highest BCUT2D eigenvalue weighted by atomic mass is 35.5. The molecule has 1 aromatic heterocycles. The fourth-order valence-corrected chi connectivity index (χ4v) is 4.60. The second-order valence-electron chi connectivity index (χ2n) is 6.85. The average molecular weight is 514 g/mol. The maximum absolute atomic E-state index is 12.6. The van der Waals surface area contributed by atoms with Crippen LogP contribution in [0.5, 0.6) is 5.75 Å². The van der Waals surface area contributed by atoms with Crippen LogP contribution in [0.3, 0.4) is 0 Å². The molecule has 0 aliphatic heterocycles. The maximum atomic E-state index is 12.6. The van der Waals surface area contributed by atoms with Crippen LogP contribution in [0.4, 0.5) is 5.69 Å². The highest BCUT2D eigenvalue weighted by molar-refractivity contribution is 7.21. The number of ether oxygens (including phenoxy) is 1. The summed E-state index contributed by atoms with van der Waals surface area (Å²) >= 11 is 13.5. The van der Waals surface area contributed by atoms with Gasteiger partial charge >= 0.3 is 5.97 Å². The Bertz CT molecular complexity index is 1450. The van der Waals surface area contributed by atoms with Gasteiger partial charge in [0.1, 0.15) is 10.6 Å². The number of thiophene rings is 1. The largest absolute Gasteiger partial charge is 0.422 e. The minimum Gasteiger partial charge on any atom is -0.422 e. The Labute approximate surface area is 206 Å². The lowest BCUT2D eigenvalue weighted by molar-refractivity contribution is -0.384. The van der Waals surface area contributed by atoms with Gasteiger partial charge in [0.2, 0.25) is 0 Å². The fourth-order valence-electron chi connectivity index (χ4n) is 2.94. The predicted molar refractivity (Wildman–Crippen MR) is 131 cm³/mol. The Balaban J connectivity index is 1.38. The first-order valence-electron chi connectivity index (χ1n) is 9.59. The molecule has 11 heteroatoms. The number of nitro benzene ring substituents is 1. The number of nitrogens with one attached hydrogen (secondary N) is 1. The molecular formula is C23H13Cl2N3O5S. The number of carbonyl (C=O) groups excluding carboxylic acids is 2. The molecule has 0 saturated carbocycles. The predicted octanol–water partition coefficient (Wildman–Crippen LogP) is 6.10. The standard InChI is InChI=1S/C23H13Cl2N3O5S/c24-15-6-9-18-19(11-15)34-21(20(18)25)23(30)33-17-7-4-13(5-8-17)12-26-27-22(29)14-2-1-3-16(10-14)28(31)32/h1-12H,(H,27,29)/b26-12-. The lowest BCUT2D eigenvalue weighted by atomic mass is 10.2. The number of amides is 1. The molecule has 0 spiro atoms. The number of hydrogen-bond donors (Lipinski definition) is 1. The van der Waals surface area contributed by atoms with Gasteiger partial charge in [-0.25, -0.2) is 10.2 Å². The van der Waals surface area contributed by atoms with Gasteiger partial charge in [0.05, 0.1) is 16.2 Å². The van der Waals surface area contributed by atoms with Gasteiger partial charge in [0, 0.05) is 32.8 Å². The number of esters is 1. The Morgan fingerprint density at radius 1 is 1.06 bits per heavy atom. The van der Waals surface area contributed by atoms with E-state index in [1.165, 1.54) is 35.8 Å². The third-order valence-electron chi connectivity index (χ3n) is 4.57. The number of nitrogens with zero attached hydrogens (tertiary/aromatic N) is 2. The molecule has 0 saturated heterocycles. The first kappa shape index (κ1) is 23.4. The highest BCUT2D eigenvalue weighted by Gasteiger charge is 2.19. The molecule has 0 atom stereocenters. The molecule has 0 fully saturated rings. The monoisotopic (exact) mass is 513 g/mol. The van der Waals surface area contributed by atoms with Crippen molar-refractivity contribution in [2.45, 2.75) is 0 Å². The average Bonchev–Trinajstić information content (AvgIpc) is 3.15. The summed E-state index contributed by atoms with van der Waals surface area (Å²) in [6.45, 7) is 0. The molecule has 3 aromatic carbocycles. The first-order chi connectivity index (χ1) is 16.3. The zero-order valence-electron chi connectivity index (χ0n) is 17.0. The number of non-ortho nitro benzene ring substituents is 1. The summed E-state index contributed by atoms with van der Waals surface area (Å²) in [6, 6.07) is 16.9. The van der Waals surface area contributed by atoms with E-state index in [1.54, 1.807) is 42.5 Å². The van der Waals surface area contributed by atoms with E-state index >= 15 is 0 Å². The van der Waals surface area contributed by atoms with Crippen molar-refractivity contribution in [2.75, 3.05) is 0 Å². The molecule has 0 aliphatic rings. The van der Waals surface area contributed by atoms with Gasteiger partial charge in [-0.1, -0.05) is 35.3 Å². The van der Waals surface area contributed by atoms with Crippen molar-refractivity contribution < 1.29 is 19.2 Å². The lowest BCUT2D eigenvalue weighted by Gasteiger charge is -2.03. The van der Waals surface area contributed by atoms with E-state index in [2.05, 4.69) is 10.5 Å².